The number of hydrogen-bond acceptors (Lipinski definition) is 7. The summed E-state index contributed by atoms with van der Waals surface area (Å²) in [6.07, 6.45) is 1.61. The highest BCUT2D eigenvalue weighted by molar-refractivity contribution is 5.87. The van der Waals surface area contributed by atoms with Crippen LogP contribution in [0.4, 0.5) is 8.78 Å². The topological polar surface area (TPSA) is 87.3 Å². The van der Waals surface area contributed by atoms with Crippen LogP contribution in [0.3, 0.4) is 0 Å². The van der Waals surface area contributed by atoms with Crippen LogP contribution in [-0.2, 0) is 13.1 Å². The smallest absolute Gasteiger partial charge is 0.387 e. The molecule has 0 aliphatic carbocycles. The van der Waals surface area contributed by atoms with Gasteiger partial charge in [-0.15, -0.1) is 0 Å². The predicted octanol–water partition coefficient (Wildman–Crippen LogP) is 5.02. The summed E-state index contributed by atoms with van der Waals surface area (Å²) in [5.74, 6) is 0.995. The first kappa shape index (κ1) is 25.9. The molecule has 1 aliphatic heterocycles. The van der Waals surface area contributed by atoms with Crippen molar-refractivity contribution < 1.29 is 18.3 Å². The van der Waals surface area contributed by atoms with Crippen LogP contribution in [-0.4, -0.2) is 54.8 Å². The molecule has 0 unspecified atom stereocenters. The Morgan fingerprint density at radius 2 is 1.82 bits per heavy atom. The summed E-state index contributed by atoms with van der Waals surface area (Å²) in [5, 5.41) is 0.619. The van der Waals surface area contributed by atoms with Gasteiger partial charge in [0.2, 0.25) is 0 Å². The fourth-order valence-corrected chi connectivity index (χ4v) is 5.14. The summed E-state index contributed by atoms with van der Waals surface area (Å²) in [5.41, 5.74) is 3.49. The van der Waals surface area contributed by atoms with Gasteiger partial charge >= 0.3 is 12.6 Å². The minimum atomic E-state index is -2.95. The van der Waals surface area contributed by atoms with Crippen LogP contribution < -0.4 is 15.0 Å². The summed E-state index contributed by atoms with van der Waals surface area (Å²) in [7, 11) is 0. The molecular formula is C29H28F2N6O3. The molecule has 6 rings (SSSR count). The van der Waals surface area contributed by atoms with E-state index in [1.807, 2.05) is 25.1 Å². The number of pyridine rings is 1. The summed E-state index contributed by atoms with van der Waals surface area (Å²) in [6.45, 7) is 6.11. The van der Waals surface area contributed by atoms with Gasteiger partial charge in [0.05, 0.1) is 29.9 Å². The van der Waals surface area contributed by atoms with Crippen molar-refractivity contribution in [1.29, 1.82) is 0 Å². The number of rotatable bonds is 7. The summed E-state index contributed by atoms with van der Waals surface area (Å²) < 4.78 is 39.0. The van der Waals surface area contributed by atoms with Gasteiger partial charge in [-0.1, -0.05) is 6.07 Å². The van der Waals surface area contributed by atoms with Gasteiger partial charge in [-0.25, -0.2) is 9.97 Å². The van der Waals surface area contributed by atoms with Gasteiger partial charge in [0.15, 0.2) is 5.65 Å². The zero-order chi connectivity index (χ0) is 28.0. The molecule has 5 aromatic rings. The van der Waals surface area contributed by atoms with Crippen molar-refractivity contribution in [3.8, 4) is 28.6 Å². The molecule has 0 atom stereocenters. The Morgan fingerprint density at radius 1 is 1.02 bits per heavy atom. The van der Waals surface area contributed by atoms with E-state index in [4.69, 9.17) is 9.72 Å². The van der Waals surface area contributed by atoms with Gasteiger partial charge < -0.3 is 14.0 Å². The molecule has 0 amide bonds. The molecule has 1 aliphatic rings. The van der Waals surface area contributed by atoms with Crippen LogP contribution in [0.15, 0.2) is 59.5 Å². The van der Waals surface area contributed by atoms with Gasteiger partial charge in [0, 0.05) is 36.3 Å². The van der Waals surface area contributed by atoms with Crippen molar-refractivity contribution in [2.45, 2.75) is 46.5 Å². The normalized spacial score (nSPS) is 13.9. The van der Waals surface area contributed by atoms with Crippen molar-refractivity contribution in [2.24, 2.45) is 0 Å². The Labute approximate surface area is 228 Å². The monoisotopic (exact) mass is 546 g/mol. The van der Waals surface area contributed by atoms with Crippen LogP contribution in [0.1, 0.15) is 26.6 Å². The van der Waals surface area contributed by atoms with Crippen LogP contribution in [0.2, 0.25) is 0 Å². The van der Waals surface area contributed by atoms with Crippen molar-refractivity contribution in [3.63, 3.8) is 0 Å². The molecule has 40 heavy (non-hydrogen) atoms. The Morgan fingerprint density at radius 3 is 2.55 bits per heavy atom. The summed E-state index contributed by atoms with van der Waals surface area (Å²) in [4.78, 5) is 30.1. The van der Waals surface area contributed by atoms with E-state index in [1.165, 1.54) is 16.7 Å². The zero-order valence-corrected chi connectivity index (χ0v) is 22.3. The van der Waals surface area contributed by atoms with Gasteiger partial charge in [0.25, 0.3) is 5.56 Å². The largest absolute Gasteiger partial charge is 0.464 e. The average molecular weight is 547 g/mol. The first-order chi connectivity index (χ1) is 19.3. The van der Waals surface area contributed by atoms with Gasteiger partial charge in [0.1, 0.15) is 11.6 Å². The Kier molecular flexibility index (Phi) is 6.67. The van der Waals surface area contributed by atoms with Gasteiger partial charge in [-0.2, -0.15) is 13.8 Å². The van der Waals surface area contributed by atoms with E-state index in [1.54, 1.807) is 24.4 Å². The maximum absolute atomic E-state index is 14.1. The fraction of sp³-hybridized carbons (Fsp3) is 0.310. The number of aromatic nitrogens is 5. The third-order valence-electron chi connectivity index (χ3n) is 7.14. The standard InChI is InChI=1S/C29H28F2N6O3/c1-4-39-29-32-15-19-13-22(27(38)37(26(19)34-29)20-6-8-21(9-7-20)40-28(30)31)18-5-10-23-24(14-18)36-12-11-35(17(2)3)16-25(36)33-23/h5-10,13-15,17,28H,4,11-12,16H2,1-3H3. The van der Waals surface area contributed by atoms with E-state index in [9.17, 15) is 13.6 Å². The van der Waals surface area contributed by atoms with Crippen LogP contribution >= 0.6 is 0 Å². The van der Waals surface area contributed by atoms with Crippen LogP contribution in [0.25, 0.3) is 38.9 Å². The molecule has 206 valence electrons. The lowest BCUT2D eigenvalue weighted by Crippen LogP contribution is -2.38. The number of ether oxygens (including phenoxy) is 2. The van der Waals surface area contributed by atoms with E-state index < -0.39 is 6.61 Å². The number of fused-ring (bicyclic) bond motifs is 4. The van der Waals surface area contributed by atoms with E-state index in [0.29, 0.717) is 34.9 Å². The second kappa shape index (κ2) is 10.3. The van der Waals surface area contributed by atoms with Crippen LogP contribution in [0.5, 0.6) is 11.8 Å². The molecule has 0 radical (unpaired) electrons. The minimum Gasteiger partial charge on any atom is -0.464 e. The number of benzene rings is 2. The fourth-order valence-electron chi connectivity index (χ4n) is 5.14. The lowest BCUT2D eigenvalue weighted by atomic mass is 10.0. The van der Waals surface area contributed by atoms with Crippen LogP contribution in [0, 0.1) is 0 Å². The second-order valence-corrected chi connectivity index (χ2v) is 9.88. The van der Waals surface area contributed by atoms with Crippen molar-refractivity contribution in [1.82, 2.24) is 29.0 Å². The number of nitrogens with zero attached hydrogens (tertiary/aromatic N) is 6. The predicted molar refractivity (Wildman–Crippen MR) is 147 cm³/mol. The number of hydrogen-bond donors (Lipinski definition) is 0. The molecule has 9 nitrogen and oxygen atoms in total. The Bertz CT molecular complexity index is 1760. The molecule has 0 bridgehead atoms. The molecule has 11 heteroatoms. The molecular weight excluding hydrogens is 518 g/mol. The highest BCUT2D eigenvalue weighted by atomic mass is 19.3. The summed E-state index contributed by atoms with van der Waals surface area (Å²) >= 11 is 0. The molecule has 0 N–H and O–H groups in total. The first-order valence-corrected chi connectivity index (χ1v) is 13.2. The molecule has 0 spiro atoms. The highest BCUT2D eigenvalue weighted by Crippen LogP contribution is 2.29. The van der Waals surface area contributed by atoms with Crippen molar-refractivity contribution in [3.05, 3.63) is 70.9 Å². The molecule has 0 saturated heterocycles. The first-order valence-electron chi connectivity index (χ1n) is 13.2. The van der Waals surface area contributed by atoms with E-state index in [2.05, 4.69) is 38.0 Å². The molecule has 2 aromatic carbocycles. The average Bonchev–Trinajstić information content (AvgIpc) is 3.30. The number of imidazole rings is 1. The van der Waals surface area contributed by atoms with Crippen molar-refractivity contribution in [2.75, 3.05) is 13.2 Å². The number of alkyl halides is 2. The molecule has 0 saturated carbocycles. The second-order valence-electron chi connectivity index (χ2n) is 9.88. The molecule has 4 heterocycles. The zero-order valence-electron chi connectivity index (χ0n) is 22.3. The SMILES string of the molecule is CCOc1ncc2cc(-c3ccc4nc5n(c4c3)CCN(C(C)C)C5)c(=O)n(-c3ccc(OC(F)F)cc3)c2n1. The van der Waals surface area contributed by atoms with Gasteiger partial charge in [-0.05, 0) is 68.8 Å². The van der Waals surface area contributed by atoms with E-state index >= 15 is 0 Å². The Hall–Kier alpha value is -4.38. The minimum absolute atomic E-state index is 0.0103. The third-order valence-corrected chi connectivity index (χ3v) is 7.14. The quantitative estimate of drug-likeness (QED) is 0.283. The summed E-state index contributed by atoms with van der Waals surface area (Å²) in [6, 6.07) is 14.0. The maximum Gasteiger partial charge on any atom is 0.387 e. The van der Waals surface area contributed by atoms with Crippen molar-refractivity contribution >= 4 is 22.1 Å². The molecule has 3 aromatic heterocycles. The molecule has 0 fully saturated rings. The lowest BCUT2D eigenvalue weighted by molar-refractivity contribution is -0.0498. The highest BCUT2D eigenvalue weighted by Gasteiger charge is 2.23. The maximum atomic E-state index is 14.1. The Balaban J connectivity index is 1.51. The van der Waals surface area contributed by atoms with E-state index in [0.717, 1.165) is 42.1 Å². The third kappa shape index (κ3) is 4.66. The lowest BCUT2D eigenvalue weighted by Gasteiger charge is -2.30. The van der Waals surface area contributed by atoms with E-state index in [-0.39, 0.29) is 17.3 Å². The number of halogens is 2. The van der Waals surface area contributed by atoms with Gasteiger partial charge in [-0.3, -0.25) is 14.3 Å².